The molecule has 0 saturated heterocycles. The minimum absolute atomic E-state index is 0.121. The molecule has 1 heterocycles. The fourth-order valence-corrected chi connectivity index (χ4v) is 3.48. The third-order valence-corrected chi connectivity index (χ3v) is 5.07. The number of anilines is 1. The Kier molecular flexibility index (Phi) is 6.35. The molecule has 0 aliphatic carbocycles. The molecule has 0 aromatic heterocycles. The second kappa shape index (κ2) is 9.51. The van der Waals surface area contributed by atoms with Gasteiger partial charge in [0.05, 0.1) is 0 Å². The average Bonchev–Trinajstić information content (AvgIpc) is 2.91. The highest BCUT2D eigenvalue weighted by atomic mass is 19.1. The summed E-state index contributed by atoms with van der Waals surface area (Å²) in [6.07, 6.45) is -0.656. The Labute approximate surface area is 185 Å². The first-order chi connectivity index (χ1) is 15.5. The molecule has 7 heteroatoms. The van der Waals surface area contributed by atoms with Crippen LogP contribution in [0.25, 0.3) is 0 Å². The third-order valence-electron chi connectivity index (χ3n) is 5.07. The highest BCUT2D eigenvalue weighted by molar-refractivity contribution is 5.92. The number of carbonyl (C=O) groups excluding carboxylic acids is 2. The van der Waals surface area contributed by atoms with E-state index in [1.54, 1.807) is 54.3 Å². The predicted molar refractivity (Wildman–Crippen MR) is 118 cm³/mol. The molecule has 1 atom stereocenters. The van der Waals surface area contributed by atoms with Gasteiger partial charge in [-0.05, 0) is 55.0 Å². The lowest BCUT2D eigenvalue weighted by atomic mass is 10.1. The first kappa shape index (κ1) is 21.4. The minimum atomic E-state index is -0.656. The van der Waals surface area contributed by atoms with Crippen LogP contribution in [0.2, 0.25) is 0 Å². The van der Waals surface area contributed by atoms with Crippen molar-refractivity contribution in [1.82, 2.24) is 4.90 Å². The summed E-state index contributed by atoms with van der Waals surface area (Å²) >= 11 is 0. The normalized spacial score (nSPS) is 15.4. The van der Waals surface area contributed by atoms with Crippen molar-refractivity contribution in [2.45, 2.75) is 26.1 Å². The quantitative estimate of drug-likeness (QED) is 0.633. The van der Waals surface area contributed by atoms with Crippen LogP contribution < -0.4 is 14.8 Å². The topological polar surface area (TPSA) is 67.9 Å². The molecule has 0 radical (unpaired) electrons. The van der Waals surface area contributed by atoms with Crippen molar-refractivity contribution >= 4 is 17.5 Å². The van der Waals surface area contributed by atoms with Gasteiger partial charge < -0.3 is 19.7 Å². The van der Waals surface area contributed by atoms with Crippen molar-refractivity contribution in [2.75, 3.05) is 11.9 Å². The Hall–Kier alpha value is -3.87. The molecule has 1 aliphatic rings. The number of fused-ring (bicyclic) bond motifs is 1. The molecule has 0 bridgehead atoms. The smallest absolute Gasteiger partial charge is 0.263 e. The number of ether oxygens (including phenoxy) is 2. The van der Waals surface area contributed by atoms with Gasteiger partial charge in [0.1, 0.15) is 17.3 Å². The van der Waals surface area contributed by atoms with Crippen molar-refractivity contribution in [3.05, 3.63) is 89.7 Å². The molecule has 2 amide bonds. The van der Waals surface area contributed by atoms with Gasteiger partial charge in [-0.15, -0.1) is 0 Å². The number of hydrogen-bond acceptors (Lipinski definition) is 4. The predicted octanol–water partition coefficient (Wildman–Crippen LogP) is 4.15. The van der Waals surface area contributed by atoms with Crippen LogP contribution in [0.1, 0.15) is 18.1 Å². The molecular weight excluding hydrogens is 411 g/mol. The molecule has 1 aliphatic heterocycles. The van der Waals surface area contributed by atoms with E-state index in [-0.39, 0.29) is 24.2 Å². The van der Waals surface area contributed by atoms with Crippen LogP contribution in [0.5, 0.6) is 11.5 Å². The van der Waals surface area contributed by atoms with Gasteiger partial charge in [-0.3, -0.25) is 9.59 Å². The first-order valence-corrected chi connectivity index (χ1v) is 10.3. The summed E-state index contributed by atoms with van der Waals surface area (Å²) in [5.41, 5.74) is 2.17. The van der Waals surface area contributed by atoms with Crippen LogP contribution in [0, 0.1) is 5.82 Å². The second-order valence-electron chi connectivity index (χ2n) is 7.55. The molecule has 3 aromatic rings. The molecule has 0 unspecified atom stereocenters. The standard InChI is InChI=1S/C25H23FN2O4/c1-17-25(30)28(14-18-7-9-20(26)10-8-18)15-19-13-21(11-12-23(19)32-17)27-24(29)16-31-22-5-3-2-4-6-22/h2-13,17H,14-16H2,1H3,(H,27,29)/t17-/m0/s1. The summed E-state index contributed by atoms with van der Waals surface area (Å²) < 4.78 is 24.5. The fraction of sp³-hybridized carbons (Fsp3) is 0.200. The van der Waals surface area contributed by atoms with Crippen molar-refractivity contribution in [3.63, 3.8) is 0 Å². The van der Waals surface area contributed by atoms with Crippen LogP contribution >= 0.6 is 0 Å². The van der Waals surface area contributed by atoms with E-state index in [1.165, 1.54) is 12.1 Å². The van der Waals surface area contributed by atoms with Crippen molar-refractivity contribution in [1.29, 1.82) is 0 Å². The fourth-order valence-electron chi connectivity index (χ4n) is 3.48. The van der Waals surface area contributed by atoms with E-state index < -0.39 is 6.10 Å². The van der Waals surface area contributed by atoms with Crippen molar-refractivity contribution in [2.24, 2.45) is 0 Å². The van der Waals surface area contributed by atoms with Gasteiger partial charge in [-0.2, -0.15) is 0 Å². The second-order valence-corrected chi connectivity index (χ2v) is 7.55. The molecular formula is C25H23FN2O4. The van der Waals surface area contributed by atoms with Crippen LogP contribution in [0.3, 0.4) is 0 Å². The van der Waals surface area contributed by atoms with Crippen LogP contribution in [-0.4, -0.2) is 29.4 Å². The largest absolute Gasteiger partial charge is 0.484 e. The summed E-state index contributed by atoms with van der Waals surface area (Å²) in [4.78, 5) is 26.8. The van der Waals surface area contributed by atoms with E-state index in [0.717, 1.165) is 11.1 Å². The molecule has 3 aromatic carbocycles. The highest BCUT2D eigenvalue weighted by Crippen LogP contribution is 2.29. The Morgan fingerprint density at radius 3 is 2.62 bits per heavy atom. The van der Waals surface area contributed by atoms with Gasteiger partial charge in [-0.25, -0.2) is 4.39 Å². The first-order valence-electron chi connectivity index (χ1n) is 10.3. The number of carbonyl (C=O) groups is 2. The Morgan fingerprint density at radius 2 is 1.88 bits per heavy atom. The number of halogens is 1. The van der Waals surface area contributed by atoms with E-state index in [1.807, 2.05) is 18.2 Å². The molecule has 0 spiro atoms. The summed E-state index contributed by atoms with van der Waals surface area (Å²) in [5.74, 6) is 0.422. The molecule has 164 valence electrons. The molecule has 4 rings (SSSR count). The average molecular weight is 434 g/mol. The zero-order chi connectivity index (χ0) is 22.5. The van der Waals surface area contributed by atoms with Crippen LogP contribution in [0.4, 0.5) is 10.1 Å². The van der Waals surface area contributed by atoms with Crippen LogP contribution in [0.15, 0.2) is 72.8 Å². The monoisotopic (exact) mass is 434 g/mol. The maximum absolute atomic E-state index is 13.2. The lowest BCUT2D eigenvalue weighted by Crippen LogP contribution is -2.37. The number of amides is 2. The summed E-state index contributed by atoms with van der Waals surface area (Å²) in [5, 5.41) is 2.81. The lowest BCUT2D eigenvalue weighted by molar-refractivity contribution is -0.138. The summed E-state index contributed by atoms with van der Waals surface area (Å²) in [6.45, 7) is 2.21. The van der Waals surface area contributed by atoms with E-state index in [0.29, 0.717) is 30.3 Å². The molecule has 0 fully saturated rings. The van der Waals surface area contributed by atoms with Crippen LogP contribution in [-0.2, 0) is 22.7 Å². The van der Waals surface area contributed by atoms with Gasteiger partial charge in [0.15, 0.2) is 12.7 Å². The number of benzene rings is 3. The van der Waals surface area contributed by atoms with E-state index in [9.17, 15) is 14.0 Å². The number of hydrogen-bond donors (Lipinski definition) is 1. The number of rotatable bonds is 6. The SMILES string of the molecule is C[C@@H]1Oc2ccc(NC(=O)COc3ccccc3)cc2CN(Cc2ccc(F)cc2)C1=O. The van der Waals surface area contributed by atoms with Gasteiger partial charge in [0.2, 0.25) is 0 Å². The number of para-hydroxylation sites is 1. The van der Waals surface area contributed by atoms with Gasteiger partial charge >= 0.3 is 0 Å². The number of nitrogens with one attached hydrogen (secondary N) is 1. The summed E-state index contributed by atoms with van der Waals surface area (Å²) in [7, 11) is 0. The zero-order valence-corrected chi connectivity index (χ0v) is 17.6. The maximum Gasteiger partial charge on any atom is 0.263 e. The van der Waals surface area contributed by atoms with Crippen molar-refractivity contribution in [3.8, 4) is 11.5 Å². The lowest BCUT2D eigenvalue weighted by Gasteiger charge is -2.22. The minimum Gasteiger partial charge on any atom is -0.484 e. The van der Waals surface area contributed by atoms with Gasteiger partial charge in [0.25, 0.3) is 11.8 Å². The summed E-state index contributed by atoms with van der Waals surface area (Å²) in [6, 6.07) is 20.4. The Balaban J connectivity index is 1.46. The van der Waals surface area contributed by atoms with E-state index in [4.69, 9.17) is 9.47 Å². The Morgan fingerprint density at radius 1 is 1.12 bits per heavy atom. The zero-order valence-electron chi connectivity index (χ0n) is 17.6. The Bertz CT molecular complexity index is 1100. The van der Waals surface area contributed by atoms with Gasteiger partial charge in [-0.1, -0.05) is 30.3 Å². The number of nitrogens with zero attached hydrogens (tertiary/aromatic N) is 1. The van der Waals surface area contributed by atoms with E-state index in [2.05, 4.69) is 5.32 Å². The highest BCUT2D eigenvalue weighted by Gasteiger charge is 2.28. The molecule has 1 N–H and O–H groups in total. The van der Waals surface area contributed by atoms with Crippen molar-refractivity contribution < 1.29 is 23.5 Å². The molecule has 32 heavy (non-hydrogen) atoms. The maximum atomic E-state index is 13.2. The van der Waals surface area contributed by atoms with E-state index >= 15 is 0 Å². The third kappa shape index (κ3) is 5.24. The van der Waals surface area contributed by atoms with Gasteiger partial charge in [0, 0.05) is 24.3 Å². The molecule has 6 nitrogen and oxygen atoms in total. The molecule has 0 saturated carbocycles.